The van der Waals surface area contributed by atoms with Gasteiger partial charge in [-0.25, -0.2) is 8.78 Å². The van der Waals surface area contributed by atoms with Crippen LogP contribution in [0.15, 0.2) is 36.4 Å². The van der Waals surface area contributed by atoms with E-state index in [4.69, 9.17) is 4.74 Å². The van der Waals surface area contributed by atoms with Crippen LogP contribution in [0, 0.1) is 11.6 Å². The highest BCUT2D eigenvalue weighted by Crippen LogP contribution is 2.31. The second-order valence-corrected chi connectivity index (χ2v) is 5.51. The molecule has 0 heterocycles. The number of methoxy groups -OCH3 is 1. The number of hydrogen-bond acceptors (Lipinski definition) is 3. The van der Waals surface area contributed by atoms with Gasteiger partial charge in [0.2, 0.25) is 0 Å². The van der Waals surface area contributed by atoms with E-state index in [1.165, 1.54) is 43.3 Å². The number of hydrogen-bond donors (Lipinski definition) is 0. The van der Waals surface area contributed by atoms with Gasteiger partial charge in [-0.15, -0.1) is 0 Å². The highest BCUT2D eigenvalue weighted by atomic mass is 19.3. The van der Waals surface area contributed by atoms with Gasteiger partial charge in [-0.3, -0.25) is 4.79 Å². The first kappa shape index (κ1) is 19.6. The van der Waals surface area contributed by atoms with Crippen LogP contribution in [-0.2, 0) is 0 Å². The Morgan fingerprint density at radius 3 is 2.31 bits per heavy atom. The summed E-state index contributed by atoms with van der Waals surface area (Å²) in [5.74, 6) is -2.66. The van der Waals surface area contributed by atoms with Crippen molar-refractivity contribution in [1.29, 1.82) is 0 Å². The molecule has 0 aliphatic heterocycles. The lowest BCUT2D eigenvalue weighted by Gasteiger charge is -2.26. The zero-order chi connectivity index (χ0) is 19.4. The molecule has 1 unspecified atom stereocenters. The Labute approximate surface area is 147 Å². The van der Waals surface area contributed by atoms with Gasteiger partial charge in [0.25, 0.3) is 5.91 Å². The number of ether oxygens (including phenoxy) is 2. The van der Waals surface area contributed by atoms with Crippen LogP contribution in [0.1, 0.15) is 28.9 Å². The summed E-state index contributed by atoms with van der Waals surface area (Å²) in [7, 11) is 2.75. The first-order chi connectivity index (χ1) is 12.2. The zero-order valence-corrected chi connectivity index (χ0v) is 14.3. The topological polar surface area (TPSA) is 38.8 Å². The van der Waals surface area contributed by atoms with Crippen molar-refractivity contribution in [2.75, 3.05) is 14.2 Å². The minimum atomic E-state index is -3.03. The van der Waals surface area contributed by atoms with Crippen molar-refractivity contribution in [3.05, 3.63) is 59.2 Å². The van der Waals surface area contributed by atoms with Crippen LogP contribution in [0.2, 0.25) is 0 Å². The number of rotatable bonds is 6. The zero-order valence-electron chi connectivity index (χ0n) is 14.3. The summed E-state index contributed by atoms with van der Waals surface area (Å²) in [6.07, 6.45) is 0. The van der Waals surface area contributed by atoms with Crippen LogP contribution >= 0.6 is 0 Å². The molecule has 2 aromatic carbocycles. The molecule has 2 rings (SSSR count). The molecular formula is C18H17F4NO3. The molecule has 26 heavy (non-hydrogen) atoms. The smallest absolute Gasteiger partial charge is 0.387 e. The van der Waals surface area contributed by atoms with Gasteiger partial charge in [-0.1, -0.05) is 6.07 Å². The molecule has 0 aliphatic carbocycles. The second kappa shape index (κ2) is 8.07. The van der Waals surface area contributed by atoms with Crippen LogP contribution in [0.25, 0.3) is 0 Å². The Morgan fingerprint density at radius 1 is 1.04 bits per heavy atom. The number of alkyl halides is 2. The van der Waals surface area contributed by atoms with Gasteiger partial charge in [0.1, 0.15) is 0 Å². The van der Waals surface area contributed by atoms with E-state index in [2.05, 4.69) is 4.74 Å². The molecule has 0 saturated carbocycles. The van der Waals surface area contributed by atoms with E-state index in [9.17, 15) is 22.4 Å². The fraction of sp³-hybridized carbons (Fsp3) is 0.278. The van der Waals surface area contributed by atoms with Gasteiger partial charge < -0.3 is 14.4 Å². The van der Waals surface area contributed by atoms with Crippen molar-refractivity contribution in [2.45, 2.75) is 19.6 Å². The Morgan fingerprint density at radius 2 is 1.73 bits per heavy atom. The summed E-state index contributed by atoms with van der Waals surface area (Å²) in [6, 6.07) is 6.62. The number of carbonyl (C=O) groups excluding carboxylic acids is 1. The molecule has 0 saturated heterocycles. The second-order valence-electron chi connectivity index (χ2n) is 5.51. The van der Waals surface area contributed by atoms with E-state index in [-0.39, 0.29) is 17.1 Å². The largest absolute Gasteiger partial charge is 0.493 e. The third-order valence-corrected chi connectivity index (χ3v) is 3.95. The Bertz CT molecular complexity index is 798. The van der Waals surface area contributed by atoms with Crippen LogP contribution < -0.4 is 9.47 Å². The predicted molar refractivity (Wildman–Crippen MR) is 86.5 cm³/mol. The molecule has 1 atom stereocenters. The first-order valence-electron chi connectivity index (χ1n) is 7.59. The van der Waals surface area contributed by atoms with Gasteiger partial charge in [0, 0.05) is 12.6 Å². The van der Waals surface area contributed by atoms with E-state index < -0.39 is 30.2 Å². The van der Waals surface area contributed by atoms with Crippen molar-refractivity contribution in [2.24, 2.45) is 0 Å². The molecule has 8 heteroatoms. The number of amides is 1. The minimum Gasteiger partial charge on any atom is -0.493 e. The van der Waals surface area contributed by atoms with E-state index in [1.807, 2.05) is 0 Å². The number of halogens is 4. The summed E-state index contributed by atoms with van der Waals surface area (Å²) in [4.78, 5) is 13.9. The van der Waals surface area contributed by atoms with Gasteiger partial charge >= 0.3 is 6.61 Å². The van der Waals surface area contributed by atoms with E-state index in [0.29, 0.717) is 5.56 Å². The maximum absolute atomic E-state index is 13.4. The summed E-state index contributed by atoms with van der Waals surface area (Å²) < 4.78 is 60.5. The number of benzene rings is 2. The molecule has 1 amide bonds. The van der Waals surface area contributed by atoms with Crippen molar-refractivity contribution in [3.8, 4) is 11.5 Å². The van der Waals surface area contributed by atoms with Crippen molar-refractivity contribution in [3.63, 3.8) is 0 Å². The maximum Gasteiger partial charge on any atom is 0.387 e. The number of carbonyl (C=O) groups is 1. The molecule has 0 aliphatic rings. The van der Waals surface area contributed by atoms with E-state index in [1.54, 1.807) is 6.92 Å². The normalized spacial score (nSPS) is 12.0. The molecule has 4 nitrogen and oxygen atoms in total. The fourth-order valence-electron chi connectivity index (χ4n) is 2.37. The SMILES string of the molecule is COc1cc(C(=O)N(C)C(C)c2ccc(F)c(F)c2)ccc1OC(F)F. The van der Waals surface area contributed by atoms with Gasteiger partial charge in [0.15, 0.2) is 23.1 Å². The molecular weight excluding hydrogens is 354 g/mol. The van der Waals surface area contributed by atoms with Crippen molar-refractivity contribution in [1.82, 2.24) is 4.90 Å². The van der Waals surface area contributed by atoms with Gasteiger partial charge in [-0.2, -0.15) is 8.78 Å². The van der Waals surface area contributed by atoms with Crippen LogP contribution in [0.4, 0.5) is 17.6 Å². The third kappa shape index (κ3) is 4.25. The Balaban J connectivity index is 2.25. The van der Waals surface area contributed by atoms with Crippen LogP contribution in [0.5, 0.6) is 11.5 Å². The molecule has 0 N–H and O–H groups in total. The molecule has 0 bridgehead atoms. The maximum atomic E-state index is 13.4. The predicted octanol–water partition coefficient (Wildman–Crippen LogP) is 4.41. The summed E-state index contributed by atoms with van der Waals surface area (Å²) in [5, 5.41) is 0. The molecule has 0 aromatic heterocycles. The molecule has 0 spiro atoms. The first-order valence-corrected chi connectivity index (χ1v) is 7.59. The lowest BCUT2D eigenvalue weighted by atomic mass is 10.1. The summed E-state index contributed by atoms with van der Waals surface area (Å²) in [6.45, 7) is -1.38. The highest BCUT2D eigenvalue weighted by molar-refractivity contribution is 5.95. The van der Waals surface area contributed by atoms with Crippen molar-refractivity contribution >= 4 is 5.91 Å². The van der Waals surface area contributed by atoms with Gasteiger partial charge in [-0.05, 0) is 42.8 Å². The number of nitrogens with zero attached hydrogens (tertiary/aromatic N) is 1. The van der Waals surface area contributed by atoms with Crippen molar-refractivity contribution < 1.29 is 31.8 Å². The lowest BCUT2D eigenvalue weighted by molar-refractivity contribution is -0.0512. The van der Waals surface area contributed by atoms with E-state index in [0.717, 1.165) is 12.1 Å². The Kier molecular flexibility index (Phi) is 6.07. The monoisotopic (exact) mass is 371 g/mol. The molecule has 0 fully saturated rings. The molecule has 2 aromatic rings. The molecule has 140 valence electrons. The lowest BCUT2D eigenvalue weighted by Crippen LogP contribution is -2.29. The minimum absolute atomic E-state index is 0.0231. The Hall–Kier alpha value is -2.77. The summed E-state index contributed by atoms with van der Waals surface area (Å²) in [5.41, 5.74) is 0.574. The molecule has 0 radical (unpaired) electrons. The average molecular weight is 371 g/mol. The third-order valence-electron chi connectivity index (χ3n) is 3.95. The van der Waals surface area contributed by atoms with Crippen LogP contribution in [0.3, 0.4) is 0 Å². The summed E-state index contributed by atoms with van der Waals surface area (Å²) >= 11 is 0. The fourth-order valence-corrected chi connectivity index (χ4v) is 2.37. The highest BCUT2D eigenvalue weighted by Gasteiger charge is 2.22. The quantitative estimate of drug-likeness (QED) is 0.706. The van der Waals surface area contributed by atoms with Crippen LogP contribution in [-0.4, -0.2) is 31.6 Å². The standard InChI is InChI=1S/C18H17F4NO3/c1-10(11-4-6-13(19)14(20)8-11)23(2)17(24)12-5-7-15(26-18(21)22)16(9-12)25-3/h4-10,18H,1-3H3. The average Bonchev–Trinajstić information content (AvgIpc) is 2.62. The van der Waals surface area contributed by atoms with Gasteiger partial charge in [0.05, 0.1) is 13.2 Å². The van der Waals surface area contributed by atoms with E-state index >= 15 is 0 Å².